The lowest BCUT2D eigenvalue weighted by molar-refractivity contribution is 0.0943. The number of carbonyl (C=O) groups is 1. The number of methoxy groups -OCH3 is 1. The number of carbonyl (C=O) groups excluding carboxylic acids is 1. The molecule has 4 nitrogen and oxygen atoms in total. The van der Waals surface area contributed by atoms with Gasteiger partial charge in [-0.2, -0.15) is 0 Å². The van der Waals surface area contributed by atoms with Gasteiger partial charge in [0.2, 0.25) is 0 Å². The second-order valence-corrected chi connectivity index (χ2v) is 5.62. The van der Waals surface area contributed by atoms with E-state index in [9.17, 15) is 4.79 Å². The minimum Gasteiger partial charge on any atom is -0.497 e. The SMILES string of the molecule is COc1ccc2c(c1)cc(C(=O)NCc1ccccc1C)n2C. The van der Waals surface area contributed by atoms with Crippen molar-refractivity contribution in [2.24, 2.45) is 7.05 Å². The summed E-state index contributed by atoms with van der Waals surface area (Å²) in [6.07, 6.45) is 0. The Hall–Kier alpha value is -2.75. The van der Waals surface area contributed by atoms with E-state index < -0.39 is 0 Å². The molecule has 2 aromatic carbocycles. The normalized spacial score (nSPS) is 10.7. The molecular weight excluding hydrogens is 288 g/mol. The summed E-state index contributed by atoms with van der Waals surface area (Å²) in [6.45, 7) is 2.57. The van der Waals surface area contributed by atoms with E-state index >= 15 is 0 Å². The van der Waals surface area contributed by atoms with Gasteiger partial charge in [0, 0.05) is 24.5 Å². The molecule has 0 unspecified atom stereocenters. The highest BCUT2D eigenvalue weighted by atomic mass is 16.5. The van der Waals surface area contributed by atoms with Gasteiger partial charge in [-0.1, -0.05) is 24.3 Å². The second kappa shape index (κ2) is 6.16. The smallest absolute Gasteiger partial charge is 0.268 e. The minimum atomic E-state index is -0.0779. The lowest BCUT2D eigenvalue weighted by atomic mass is 10.1. The van der Waals surface area contributed by atoms with Gasteiger partial charge in [-0.25, -0.2) is 0 Å². The number of hydrogen-bond donors (Lipinski definition) is 1. The molecule has 3 rings (SSSR count). The lowest BCUT2D eigenvalue weighted by Gasteiger charge is -2.08. The van der Waals surface area contributed by atoms with E-state index in [4.69, 9.17) is 4.74 Å². The van der Waals surface area contributed by atoms with Gasteiger partial charge in [0.05, 0.1) is 7.11 Å². The monoisotopic (exact) mass is 308 g/mol. The van der Waals surface area contributed by atoms with Crippen LogP contribution < -0.4 is 10.1 Å². The van der Waals surface area contributed by atoms with E-state index in [-0.39, 0.29) is 5.91 Å². The van der Waals surface area contributed by atoms with Crippen molar-refractivity contribution >= 4 is 16.8 Å². The molecule has 0 saturated heterocycles. The van der Waals surface area contributed by atoms with Crippen molar-refractivity contribution in [1.82, 2.24) is 9.88 Å². The summed E-state index contributed by atoms with van der Waals surface area (Å²) in [5.74, 6) is 0.709. The number of ether oxygens (including phenoxy) is 1. The predicted octanol–water partition coefficient (Wildman–Crippen LogP) is 3.43. The lowest BCUT2D eigenvalue weighted by Crippen LogP contribution is -2.25. The Balaban J connectivity index is 1.83. The molecule has 0 aliphatic heterocycles. The van der Waals surface area contributed by atoms with E-state index in [1.54, 1.807) is 7.11 Å². The summed E-state index contributed by atoms with van der Waals surface area (Å²) in [5.41, 5.74) is 3.95. The van der Waals surface area contributed by atoms with Crippen molar-refractivity contribution in [3.8, 4) is 5.75 Å². The van der Waals surface area contributed by atoms with Gasteiger partial charge in [-0.15, -0.1) is 0 Å². The number of rotatable bonds is 4. The molecule has 0 aliphatic carbocycles. The molecule has 0 spiro atoms. The maximum absolute atomic E-state index is 12.5. The molecule has 0 bridgehead atoms. The molecule has 3 aromatic rings. The Labute approximate surface area is 135 Å². The third-order valence-electron chi connectivity index (χ3n) is 4.18. The largest absolute Gasteiger partial charge is 0.497 e. The molecule has 0 atom stereocenters. The van der Waals surface area contributed by atoms with Crippen LogP contribution in [0.3, 0.4) is 0 Å². The van der Waals surface area contributed by atoms with Crippen molar-refractivity contribution in [3.63, 3.8) is 0 Å². The number of nitrogens with zero attached hydrogens (tertiary/aromatic N) is 1. The summed E-state index contributed by atoms with van der Waals surface area (Å²) in [6, 6.07) is 15.8. The van der Waals surface area contributed by atoms with Crippen LogP contribution >= 0.6 is 0 Å². The number of amides is 1. The summed E-state index contributed by atoms with van der Waals surface area (Å²) in [7, 11) is 3.54. The number of hydrogen-bond acceptors (Lipinski definition) is 2. The predicted molar refractivity (Wildman–Crippen MR) is 91.8 cm³/mol. The summed E-state index contributed by atoms with van der Waals surface area (Å²) in [5, 5.41) is 3.99. The average Bonchev–Trinajstić information content (AvgIpc) is 2.90. The van der Waals surface area contributed by atoms with Crippen LogP contribution in [0.4, 0.5) is 0 Å². The van der Waals surface area contributed by atoms with E-state index in [0.29, 0.717) is 12.2 Å². The van der Waals surface area contributed by atoms with Gasteiger partial charge in [-0.05, 0) is 42.3 Å². The maximum Gasteiger partial charge on any atom is 0.268 e. The zero-order valence-corrected chi connectivity index (χ0v) is 13.6. The zero-order valence-electron chi connectivity index (χ0n) is 13.6. The Morgan fingerprint density at radius 1 is 1.17 bits per heavy atom. The van der Waals surface area contributed by atoms with Crippen molar-refractivity contribution in [2.45, 2.75) is 13.5 Å². The van der Waals surface area contributed by atoms with Crippen LogP contribution in [0.5, 0.6) is 5.75 Å². The van der Waals surface area contributed by atoms with E-state index in [2.05, 4.69) is 5.32 Å². The van der Waals surface area contributed by atoms with Crippen molar-refractivity contribution < 1.29 is 9.53 Å². The van der Waals surface area contributed by atoms with E-state index in [0.717, 1.165) is 22.2 Å². The quantitative estimate of drug-likeness (QED) is 0.802. The molecule has 1 amide bonds. The number of benzene rings is 2. The fraction of sp³-hybridized carbons (Fsp3) is 0.211. The number of aryl methyl sites for hydroxylation is 2. The first-order chi connectivity index (χ1) is 11.1. The second-order valence-electron chi connectivity index (χ2n) is 5.62. The van der Waals surface area contributed by atoms with E-state index in [1.807, 2.05) is 67.1 Å². The first-order valence-corrected chi connectivity index (χ1v) is 7.56. The molecule has 23 heavy (non-hydrogen) atoms. The minimum absolute atomic E-state index is 0.0779. The van der Waals surface area contributed by atoms with Gasteiger partial charge in [-0.3, -0.25) is 4.79 Å². The van der Waals surface area contributed by atoms with Crippen LogP contribution in [0.15, 0.2) is 48.5 Å². The molecule has 0 saturated carbocycles. The molecule has 1 aromatic heterocycles. The maximum atomic E-state index is 12.5. The van der Waals surface area contributed by atoms with Crippen LogP contribution in [-0.4, -0.2) is 17.6 Å². The van der Waals surface area contributed by atoms with Crippen LogP contribution in [-0.2, 0) is 13.6 Å². The van der Waals surface area contributed by atoms with Crippen LogP contribution in [0.1, 0.15) is 21.6 Å². The van der Waals surface area contributed by atoms with Gasteiger partial charge in [0.15, 0.2) is 0 Å². The van der Waals surface area contributed by atoms with E-state index in [1.165, 1.54) is 5.56 Å². The summed E-state index contributed by atoms with van der Waals surface area (Å²) < 4.78 is 7.15. The molecule has 118 valence electrons. The first-order valence-electron chi connectivity index (χ1n) is 7.56. The standard InChI is InChI=1S/C19H20N2O2/c1-13-6-4-5-7-14(13)12-20-19(22)18-11-15-10-16(23-3)8-9-17(15)21(18)2/h4-11H,12H2,1-3H3,(H,20,22). The molecular formula is C19H20N2O2. The summed E-state index contributed by atoms with van der Waals surface area (Å²) in [4.78, 5) is 12.5. The molecule has 4 heteroatoms. The molecule has 1 heterocycles. The Morgan fingerprint density at radius 2 is 1.96 bits per heavy atom. The van der Waals surface area contributed by atoms with Gasteiger partial charge in [0.25, 0.3) is 5.91 Å². The fourth-order valence-corrected chi connectivity index (χ4v) is 2.75. The first kappa shape index (κ1) is 15.2. The topological polar surface area (TPSA) is 43.3 Å². The summed E-state index contributed by atoms with van der Waals surface area (Å²) >= 11 is 0. The van der Waals surface area contributed by atoms with Crippen LogP contribution in [0.2, 0.25) is 0 Å². The number of nitrogens with one attached hydrogen (secondary N) is 1. The molecule has 0 fully saturated rings. The number of fused-ring (bicyclic) bond motifs is 1. The van der Waals surface area contributed by atoms with Gasteiger partial charge >= 0.3 is 0 Å². The van der Waals surface area contributed by atoms with Crippen molar-refractivity contribution in [3.05, 3.63) is 65.4 Å². The van der Waals surface area contributed by atoms with Crippen molar-refractivity contribution in [1.29, 1.82) is 0 Å². The molecule has 0 radical (unpaired) electrons. The zero-order chi connectivity index (χ0) is 16.4. The van der Waals surface area contributed by atoms with Crippen molar-refractivity contribution in [2.75, 3.05) is 7.11 Å². The Morgan fingerprint density at radius 3 is 2.70 bits per heavy atom. The number of aromatic nitrogens is 1. The van der Waals surface area contributed by atoms with Gasteiger partial charge < -0.3 is 14.6 Å². The Bertz CT molecular complexity index is 865. The van der Waals surface area contributed by atoms with Crippen LogP contribution in [0.25, 0.3) is 10.9 Å². The average molecular weight is 308 g/mol. The highest BCUT2D eigenvalue weighted by Crippen LogP contribution is 2.23. The van der Waals surface area contributed by atoms with Crippen LogP contribution in [0, 0.1) is 6.92 Å². The third kappa shape index (κ3) is 2.93. The highest BCUT2D eigenvalue weighted by molar-refractivity contribution is 5.99. The Kier molecular flexibility index (Phi) is 4.06. The molecule has 0 aliphatic rings. The van der Waals surface area contributed by atoms with Gasteiger partial charge in [0.1, 0.15) is 11.4 Å². The third-order valence-corrected chi connectivity index (χ3v) is 4.18. The highest BCUT2D eigenvalue weighted by Gasteiger charge is 2.13. The molecule has 1 N–H and O–H groups in total. The fourth-order valence-electron chi connectivity index (χ4n) is 2.75.